The van der Waals surface area contributed by atoms with Gasteiger partial charge in [0, 0.05) is 37.6 Å². The highest BCUT2D eigenvalue weighted by Crippen LogP contribution is 2.09. The van der Waals surface area contributed by atoms with Crippen LogP contribution in [0.25, 0.3) is 0 Å². The number of carboxylic acids is 1. The van der Waals surface area contributed by atoms with E-state index >= 15 is 0 Å². The number of nitrogens with two attached hydrogens (primary N) is 1. The van der Waals surface area contributed by atoms with Gasteiger partial charge in [-0.1, -0.05) is 20.8 Å². The summed E-state index contributed by atoms with van der Waals surface area (Å²) in [4.78, 5) is 108. The van der Waals surface area contributed by atoms with Crippen LogP contribution in [0.4, 0.5) is 0 Å². The van der Waals surface area contributed by atoms with E-state index in [-0.39, 0.29) is 49.4 Å². The smallest absolute Gasteiger partial charge is 0.373 e. The Morgan fingerprint density at radius 3 is 1.53 bits per heavy atom. The van der Waals surface area contributed by atoms with E-state index in [4.69, 9.17) is 39.6 Å². The van der Waals surface area contributed by atoms with Crippen molar-refractivity contribution in [3.05, 3.63) is 0 Å². The lowest BCUT2D eigenvalue weighted by Crippen LogP contribution is -2.48. The third-order valence-electron chi connectivity index (χ3n) is 4.16. The molecule has 202 valence electrons. The summed E-state index contributed by atoms with van der Waals surface area (Å²) in [5.41, 5.74) is 5.27. The molecule has 0 aliphatic carbocycles. The second kappa shape index (κ2) is 25.5. The Kier molecular flexibility index (Phi) is 27.7. The van der Waals surface area contributed by atoms with Crippen LogP contribution in [0.1, 0.15) is 53.4 Å². The molecular weight excluding hydrogens is 486 g/mol. The van der Waals surface area contributed by atoms with Crippen LogP contribution in [0.3, 0.4) is 0 Å². The predicted molar refractivity (Wildman–Crippen MR) is 114 cm³/mol. The minimum Gasteiger partial charge on any atom is -0.480 e. The summed E-state index contributed by atoms with van der Waals surface area (Å²) in [6.45, 7) is 6.24. The van der Waals surface area contributed by atoms with Gasteiger partial charge in [-0.3, -0.25) is 19.2 Å². The van der Waals surface area contributed by atoms with Crippen LogP contribution in [-0.4, -0.2) is 71.5 Å². The van der Waals surface area contributed by atoms with Gasteiger partial charge >= 0.3 is 24.4 Å². The molecule has 5 N–H and O–H groups in total. The second-order valence-electron chi connectivity index (χ2n) is 7.08. The molecule has 0 saturated carbocycles. The molecule has 0 aliphatic rings. The molecule has 15 nitrogen and oxygen atoms in total. The van der Waals surface area contributed by atoms with E-state index in [2.05, 4.69) is 10.6 Å². The van der Waals surface area contributed by atoms with Crippen LogP contribution in [0, 0.1) is 11.8 Å². The second-order valence-corrected chi connectivity index (χ2v) is 7.08. The standard InChI is InChI=1S/C18H31N3O6.3CO2/c1-5-6-13(22)7-10(2)16(24)20-12(4)15(23)8-11(3)17(25)21-14(9-19)18(26)27;3*2-1-3/h10-12,14H,5-9,19H2,1-4H3,(H,20,24)(H,21,25)(H,26,27);;;/t10-,11-,12+,14+;;;/m1.../s1. The van der Waals surface area contributed by atoms with Gasteiger partial charge in [-0.2, -0.15) is 28.8 Å². The fraction of sp³-hybridized carbons (Fsp3) is 0.619. The van der Waals surface area contributed by atoms with Crippen molar-refractivity contribution < 1.29 is 57.8 Å². The van der Waals surface area contributed by atoms with Crippen LogP contribution < -0.4 is 16.4 Å². The van der Waals surface area contributed by atoms with Gasteiger partial charge in [0.1, 0.15) is 11.8 Å². The number of hydrogen-bond acceptors (Lipinski definition) is 12. The Balaban J connectivity index is -0.000000491. The van der Waals surface area contributed by atoms with Gasteiger partial charge in [-0.25, -0.2) is 4.79 Å². The first-order chi connectivity index (χ1) is 16.8. The van der Waals surface area contributed by atoms with Gasteiger partial charge < -0.3 is 21.5 Å². The molecule has 0 rings (SSSR count). The van der Waals surface area contributed by atoms with Crippen LogP contribution >= 0.6 is 0 Å². The minimum absolute atomic E-state index is 0.00249. The maximum absolute atomic E-state index is 12.2. The predicted octanol–water partition coefficient (Wildman–Crippen LogP) is -1.74. The number of aliphatic carboxylic acids is 1. The van der Waals surface area contributed by atoms with E-state index in [1.165, 1.54) is 13.8 Å². The quantitative estimate of drug-likeness (QED) is 0.212. The summed E-state index contributed by atoms with van der Waals surface area (Å²) in [6.07, 6.45) is 1.84. The highest BCUT2D eigenvalue weighted by Gasteiger charge is 2.26. The van der Waals surface area contributed by atoms with Crippen molar-refractivity contribution in [1.29, 1.82) is 0 Å². The maximum Gasteiger partial charge on any atom is 0.373 e. The van der Waals surface area contributed by atoms with Crippen molar-refractivity contribution in [1.82, 2.24) is 10.6 Å². The number of carbonyl (C=O) groups excluding carboxylic acids is 10. The van der Waals surface area contributed by atoms with Crippen molar-refractivity contribution in [2.75, 3.05) is 6.54 Å². The topological polar surface area (TPSA) is 258 Å². The number of Topliss-reactive ketones (excluding diaryl/α,β-unsaturated/α-hetero) is 2. The molecule has 4 atom stereocenters. The molecule has 0 aromatic heterocycles. The molecule has 36 heavy (non-hydrogen) atoms. The van der Waals surface area contributed by atoms with E-state index in [0.717, 1.165) is 6.42 Å². The minimum atomic E-state index is -1.25. The van der Waals surface area contributed by atoms with Crippen molar-refractivity contribution in [2.45, 2.75) is 65.5 Å². The number of carbonyl (C=O) groups is 5. The van der Waals surface area contributed by atoms with Gasteiger partial charge in [-0.15, -0.1) is 0 Å². The summed E-state index contributed by atoms with van der Waals surface area (Å²) in [7, 11) is 0. The summed E-state index contributed by atoms with van der Waals surface area (Å²) < 4.78 is 0. The normalized spacial score (nSPS) is 12.0. The third-order valence-corrected chi connectivity index (χ3v) is 4.16. The summed E-state index contributed by atoms with van der Waals surface area (Å²) in [5, 5.41) is 13.7. The summed E-state index contributed by atoms with van der Waals surface area (Å²) >= 11 is 0. The zero-order valence-corrected chi connectivity index (χ0v) is 20.4. The number of carboxylic acid groups (broad SMARTS) is 1. The fourth-order valence-corrected chi connectivity index (χ4v) is 2.36. The molecule has 0 spiro atoms. The van der Waals surface area contributed by atoms with E-state index in [1.54, 1.807) is 6.92 Å². The molecule has 2 amide bonds. The largest absolute Gasteiger partial charge is 0.480 e. The van der Waals surface area contributed by atoms with Gasteiger partial charge in [0.15, 0.2) is 5.78 Å². The molecule has 0 aromatic carbocycles. The first-order valence-electron chi connectivity index (χ1n) is 10.3. The zero-order chi connectivity index (χ0) is 29.3. The van der Waals surface area contributed by atoms with Crippen LogP contribution in [0.15, 0.2) is 0 Å². The Hall–Kier alpha value is -4.15. The van der Waals surface area contributed by atoms with Crippen molar-refractivity contribution in [3.8, 4) is 0 Å². The zero-order valence-electron chi connectivity index (χ0n) is 20.4. The molecule has 0 aromatic rings. The van der Waals surface area contributed by atoms with Gasteiger partial charge in [0.05, 0.1) is 6.04 Å². The van der Waals surface area contributed by atoms with E-state index < -0.39 is 41.7 Å². The van der Waals surface area contributed by atoms with Crippen LogP contribution in [0.5, 0.6) is 0 Å². The molecular formula is C21H31N3O12. The fourth-order valence-electron chi connectivity index (χ4n) is 2.36. The number of amides is 2. The van der Waals surface area contributed by atoms with Crippen molar-refractivity contribution in [2.24, 2.45) is 17.6 Å². The van der Waals surface area contributed by atoms with E-state index in [0.29, 0.717) is 6.42 Å². The number of rotatable bonds is 13. The first-order valence-corrected chi connectivity index (χ1v) is 10.3. The molecule has 0 radical (unpaired) electrons. The van der Waals surface area contributed by atoms with Gasteiger partial charge in [0.2, 0.25) is 11.8 Å². The van der Waals surface area contributed by atoms with Gasteiger partial charge in [0.25, 0.3) is 0 Å². The van der Waals surface area contributed by atoms with E-state index in [9.17, 15) is 24.0 Å². The summed E-state index contributed by atoms with van der Waals surface area (Å²) in [6, 6.07) is -2.03. The Morgan fingerprint density at radius 2 is 1.17 bits per heavy atom. The monoisotopic (exact) mass is 517 g/mol. The molecule has 0 unspecified atom stereocenters. The SMILES string of the molecule is CCCC(=O)C[C@@H](C)C(=O)N[C@@H](C)C(=O)C[C@@H](C)C(=O)N[C@@H](CN)C(=O)O.O=C=O.O=C=O.O=C=O. The lowest BCUT2D eigenvalue weighted by atomic mass is 9.98. The highest BCUT2D eigenvalue weighted by molar-refractivity contribution is 5.94. The molecule has 0 fully saturated rings. The Morgan fingerprint density at radius 1 is 0.778 bits per heavy atom. The van der Waals surface area contributed by atoms with Crippen molar-refractivity contribution >= 4 is 47.8 Å². The van der Waals surface area contributed by atoms with Gasteiger partial charge in [-0.05, 0) is 13.3 Å². The number of hydrogen-bond donors (Lipinski definition) is 4. The Bertz CT molecular complexity index is 780. The van der Waals surface area contributed by atoms with E-state index in [1.807, 2.05) is 6.92 Å². The third kappa shape index (κ3) is 23.0. The number of nitrogens with one attached hydrogen (secondary N) is 2. The molecule has 0 heterocycles. The number of ketones is 2. The average molecular weight is 517 g/mol. The lowest BCUT2D eigenvalue weighted by Gasteiger charge is -2.19. The maximum atomic E-state index is 12.2. The van der Waals surface area contributed by atoms with Crippen LogP contribution in [0.2, 0.25) is 0 Å². The Labute approximate surface area is 206 Å². The summed E-state index contributed by atoms with van der Waals surface area (Å²) in [5.74, 6) is -3.92. The average Bonchev–Trinajstić information content (AvgIpc) is 2.78. The molecule has 0 aliphatic heterocycles. The molecule has 0 saturated heterocycles. The lowest BCUT2D eigenvalue weighted by molar-refractivity contribution is -0.193. The molecule has 15 heteroatoms. The highest BCUT2D eigenvalue weighted by atomic mass is 16.4. The molecule has 0 bridgehead atoms. The first kappa shape index (κ1) is 39.1. The van der Waals surface area contributed by atoms with Crippen LogP contribution in [-0.2, 0) is 52.7 Å². The van der Waals surface area contributed by atoms with Crippen molar-refractivity contribution in [3.63, 3.8) is 0 Å².